The van der Waals surface area contributed by atoms with E-state index in [4.69, 9.17) is 27.9 Å². The molecule has 0 aliphatic heterocycles. The molecule has 4 nitrogen and oxygen atoms in total. The van der Waals surface area contributed by atoms with Gasteiger partial charge in [0.05, 0.1) is 4.92 Å². The van der Waals surface area contributed by atoms with Gasteiger partial charge < -0.3 is 4.74 Å². The lowest BCUT2D eigenvalue weighted by Gasteiger charge is -2.31. The van der Waals surface area contributed by atoms with Crippen LogP contribution in [0.3, 0.4) is 0 Å². The number of rotatable bonds is 3. The molecule has 1 aliphatic rings. The lowest BCUT2D eigenvalue weighted by molar-refractivity contribution is -0.384. The van der Waals surface area contributed by atoms with Crippen molar-refractivity contribution in [3.63, 3.8) is 0 Å². The topological polar surface area (TPSA) is 52.4 Å². The minimum atomic E-state index is -0.524. The van der Waals surface area contributed by atoms with Gasteiger partial charge in [-0.15, -0.1) is 11.6 Å². The molecule has 0 amide bonds. The van der Waals surface area contributed by atoms with Crippen LogP contribution in [0.5, 0.6) is 5.75 Å². The summed E-state index contributed by atoms with van der Waals surface area (Å²) in [4.78, 5) is 10.0. The van der Waals surface area contributed by atoms with Crippen molar-refractivity contribution in [2.45, 2.75) is 24.3 Å². The van der Waals surface area contributed by atoms with Crippen LogP contribution < -0.4 is 4.74 Å². The van der Waals surface area contributed by atoms with Crippen LogP contribution in [0, 0.1) is 10.1 Å². The largest absolute Gasteiger partial charge is 0.490 e. The molecule has 1 fully saturated rings. The predicted molar refractivity (Wildman–Crippen MR) is 61.4 cm³/mol. The maximum absolute atomic E-state index is 10.5. The maximum atomic E-state index is 10.5. The van der Waals surface area contributed by atoms with Gasteiger partial charge in [-0.2, -0.15) is 0 Å². The van der Waals surface area contributed by atoms with E-state index in [1.165, 1.54) is 12.1 Å². The van der Waals surface area contributed by atoms with E-state index in [-0.39, 0.29) is 22.2 Å². The molecule has 0 aromatic heterocycles. The number of halogens is 2. The minimum absolute atomic E-state index is 0.0873. The Bertz CT molecular complexity index is 419. The van der Waals surface area contributed by atoms with Crippen molar-refractivity contribution in [3.8, 4) is 5.75 Å². The molecule has 0 atom stereocenters. The molecule has 6 heteroatoms. The Balaban J connectivity index is 2.06. The molecule has 0 unspecified atom stereocenters. The SMILES string of the molecule is O=[N+]([O-])c1ccc(OC2CC(Cl)C2)cc1Cl. The van der Waals surface area contributed by atoms with Gasteiger partial charge in [-0.3, -0.25) is 10.1 Å². The fourth-order valence-corrected chi connectivity index (χ4v) is 2.14. The first kappa shape index (κ1) is 11.5. The van der Waals surface area contributed by atoms with Gasteiger partial charge in [0.1, 0.15) is 16.9 Å². The molecule has 0 saturated heterocycles. The van der Waals surface area contributed by atoms with E-state index in [0.717, 1.165) is 12.8 Å². The number of nitro groups is 1. The van der Waals surface area contributed by atoms with E-state index < -0.39 is 4.92 Å². The third-order valence-electron chi connectivity index (χ3n) is 2.46. The molecule has 1 aromatic rings. The second kappa shape index (κ2) is 4.47. The van der Waals surface area contributed by atoms with Gasteiger partial charge in [0.25, 0.3) is 5.69 Å². The van der Waals surface area contributed by atoms with E-state index in [1.807, 2.05) is 0 Å². The Labute approximate surface area is 102 Å². The Morgan fingerprint density at radius 2 is 2.12 bits per heavy atom. The molecule has 1 saturated carbocycles. The third-order valence-corrected chi connectivity index (χ3v) is 3.11. The quantitative estimate of drug-likeness (QED) is 0.476. The fourth-order valence-electron chi connectivity index (χ4n) is 1.50. The van der Waals surface area contributed by atoms with E-state index in [9.17, 15) is 10.1 Å². The first-order valence-electron chi connectivity index (χ1n) is 4.81. The first-order valence-corrected chi connectivity index (χ1v) is 5.62. The van der Waals surface area contributed by atoms with Crippen LogP contribution in [-0.2, 0) is 0 Å². The Morgan fingerprint density at radius 1 is 1.44 bits per heavy atom. The van der Waals surface area contributed by atoms with Gasteiger partial charge >= 0.3 is 0 Å². The van der Waals surface area contributed by atoms with E-state index in [0.29, 0.717) is 5.75 Å². The number of alkyl halides is 1. The second-order valence-corrected chi connectivity index (χ2v) is 4.70. The van der Waals surface area contributed by atoms with Gasteiger partial charge in [0.15, 0.2) is 0 Å². The minimum Gasteiger partial charge on any atom is -0.490 e. The summed E-state index contributed by atoms with van der Waals surface area (Å²) in [6.45, 7) is 0. The molecule has 86 valence electrons. The standard InChI is InChI=1S/C10H9Cl2NO3/c11-6-3-8(4-6)16-7-1-2-10(13(14)15)9(12)5-7/h1-2,5-6,8H,3-4H2. The zero-order chi connectivity index (χ0) is 11.7. The van der Waals surface area contributed by atoms with Gasteiger partial charge in [-0.05, 0) is 6.07 Å². The van der Waals surface area contributed by atoms with Crippen LogP contribution in [0.25, 0.3) is 0 Å². The van der Waals surface area contributed by atoms with Gasteiger partial charge in [-0.1, -0.05) is 11.6 Å². The van der Waals surface area contributed by atoms with Crippen molar-refractivity contribution in [1.82, 2.24) is 0 Å². The smallest absolute Gasteiger partial charge is 0.288 e. The van der Waals surface area contributed by atoms with Crippen molar-refractivity contribution < 1.29 is 9.66 Å². The summed E-state index contributed by atoms with van der Waals surface area (Å²) in [5.74, 6) is 0.546. The highest BCUT2D eigenvalue weighted by atomic mass is 35.5. The molecule has 1 aromatic carbocycles. The summed E-state index contributed by atoms with van der Waals surface area (Å²) in [7, 11) is 0. The highest BCUT2D eigenvalue weighted by Crippen LogP contribution is 2.33. The summed E-state index contributed by atoms with van der Waals surface area (Å²) in [5, 5.41) is 10.8. The summed E-state index contributed by atoms with van der Waals surface area (Å²) in [5.41, 5.74) is -0.113. The molecule has 0 N–H and O–H groups in total. The molecule has 0 radical (unpaired) electrons. The Kier molecular flexibility index (Phi) is 3.21. The zero-order valence-electron chi connectivity index (χ0n) is 8.23. The summed E-state index contributed by atoms with van der Waals surface area (Å²) in [6.07, 6.45) is 1.70. The van der Waals surface area contributed by atoms with Crippen LogP contribution in [0.15, 0.2) is 18.2 Å². The lowest BCUT2D eigenvalue weighted by Crippen LogP contribution is -2.34. The highest BCUT2D eigenvalue weighted by Gasteiger charge is 2.29. The van der Waals surface area contributed by atoms with Gasteiger partial charge in [0, 0.05) is 30.4 Å². The van der Waals surface area contributed by atoms with Crippen molar-refractivity contribution in [1.29, 1.82) is 0 Å². The lowest BCUT2D eigenvalue weighted by atomic mass is 9.95. The predicted octanol–water partition coefficient (Wildman–Crippen LogP) is 3.40. The summed E-state index contributed by atoms with van der Waals surface area (Å²) < 4.78 is 5.54. The van der Waals surface area contributed by atoms with E-state index in [1.54, 1.807) is 6.07 Å². The molecule has 16 heavy (non-hydrogen) atoms. The molecule has 0 bridgehead atoms. The molecular weight excluding hydrogens is 253 g/mol. The van der Waals surface area contributed by atoms with Crippen molar-refractivity contribution in [2.24, 2.45) is 0 Å². The normalized spacial score (nSPS) is 23.6. The molecule has 0 spiro atoms. The number of benzene rings is 1. The number of nitrogens with zero attached hydrogens (tertiary/aromatic N) is 1. The molecule has 1 aliphatic carbocycles. The fraction of sp³-hybridized carbons (Fsp3) is 0.400. The summed E-state index contributed by atoms with van der Waals surface area (Å²) >= 11 is 11.6. The second-order valence-electron chi connectivity index (χ2n) is 3.68. The number of nitro benzene ring substituents is 1. The maximum Gasteiger partial charge on any atom is 0.288 e. The molecule has 0 heterocycles. The van der Waals surface area contributed by atoms with Crippen molar-refractivity contribution in [2.75, 3.05) is 0 Å². The Morgan fingerprint density at radius 3 is 2.62 bits per heavy atom. The van der Waals surface area contributed by atoms with E-state index in [2.05, 4.69) is 0 Å². The monoisotopic (exact) mass is 261 g/mol. The van der Waals surface area contributed by atoms with Crippen molar-refractivity contribution in [3.05, 3.63) is 33.3 Å². The highest BCUT2D eigenvalue weighted by molar-refractivity contribution is 6.32. The third kappa shape index (κ3) is 2.39. The number of hydrogen-bond donors (Lipinski definition) is 0. The summed E-state index contributed by atoms with van der Waals surface area (Å²) in [6, 6.07) is 4.35. The zero-order valence-corrected chi connectivity index (χ0v) is 9.74. The number of hydrogen-bond acceptors (Lipinski definition) is 3. The van der Waals surface area contributed by atoms with Crippen LogP contribution in [0.2, 0.25) is 5.02 Å². The molecule has 2 rings (SSSR count). The molecular formula is C10H9Cl2NO3. The average Bonchev–Trinajstić information content (AvgIpc) is 2.15. The average molecular weight is 262 g/mol. The van der Waals surface area contributed by atoms with Gasteiger partial charge in [-0.25, -0.2) is 0 Å². The van der Waals surface area contributed by atoms with Crippen molar-refractivity contribution >= 4 is 28.9 Å². The van der Waals surface area contributed by atoms with Crippen LogP contribution in [0.1, 0.15) is 12.8 Å². The van der Waals surface area contributed by atoms with Gasteiger partial charge in [0.2, 0.25) is 0 Å². The number of ether oxygens (including phenoxy) is 1. The van der Waals surface area contributed by atoms with E-state index >= 15 is 0 Å². The van der Waals surface area contributed by atoms with Crippen LogP contribution in [-0.4, -0.2) is 16.4 Å². The van der Waals surface area contributed by atoms with Crippen LogP contribution in [0.4, 0.5) is 5.69 Å². The Hall–Kier alpha value is -1.00. The first-order chi connectivity index (χ1) is 7.56. The van der Waals surface area contributed by atoms with Crippen LogP contribution >= 0.6 is 23.2 Å².